The van der Waals surface area contributed by atoms with Crippen molar-refractivity contribution in [2.75, 3.05) is 7.11 Å². The molecule has 2 aliphatic rings. The second-order valence-corrected chi connectivity index (χ2v) is 3.98. The maximum absolute atomic E-state index is 11.2. The summed E-state index contributed by atoms with van der Waals surface area (Å²) in [7, 11) is 1.44. The van der Waals surface area contributed by atoms with Gasteiger partial charge in [0.05, 0.1) is 19.2 Å². The van der Waals surface area contributed by atoms with Gasteiger partial charge in [0.2, 0.25) is 0 Å². The highest BCUT2D eigenvalue weighted by Crippen LogP contribution is 2.42. The minimum absolute atomic E-state index is 0.169. The largest absolute Gasteiger partial charge is 0.453 e. The van der Waals surface area contributed by atoms with E-state index < -0.39 is 0 Å². The van der Waals surface area contributed by atoms with Crippen molar-refractivity contribution < 1.29 is 9.53 Å². The van der Waals surface area contributed by atoms with Gasteiger partial charge in [0, 0.05) is 0 Å². The molecule has 2 unspecified atom stereocenters. The monoisotopic (exact) mass is 181 g/mol. The predicted molar refractivity (Wildman–Crippen MR) is 49.4 cm³/mol. The summed E-state index contributed by atoms with van der Waals surface area (Å²) in [5, 5.41) is 0. The SMILES string of the molecule is COC(=O)N1C2CC(C)=C(C)CC21. The molecule has 0 saturated carbocycles. The number of carbonyl (C=O) groups is 1. The van der Waals surface area contributed by atoms with Crippen molar-refractivity contribution >= 4 is 6.09 Å². The van der Waals surface area contributed by atoms with E-state index in [2.05, 4.69) is 13.8 Å². The third kappa shape index (κ3) is 1.23. The Balaban J connectivity index is 2.04. The zero-order valence-corrected chi connectivity index (χ0v) is 8.33. The van der Waals surface area contributed by atoms with E-state index in [4.69, 9.17) is 4.74 Å². The highest BCUT2D eigenvalue weighted by atomic mass is 16.5. The normalized spacial score (nSPS) is 31.5. The Morgan fingerprint density at radius 2 is 1.77 bits per heavy atom. The van der Waals surface area contributed by atoms with E-state index in [1.165, 1.54) is 18.3 Å². The second-order valence-electron chi connectivity index (χ2n) is 3.98. The Hall–Kier alpha value is -0.990. The zero-order chi connectivity index (χ0) is 9.59. The first-order chi connectivity index (χ1) is 6.15. The van der Waals surface area contributed by atoms with Crippen LogP contribution in [-0.4, -0.2) is 30.2 Å². The summed E-state index contributed by atoms with van der Waals surface area (Å²) in [5.74, 6) is 0. The van der Waals surface area contributed by atoms with Gasteiger partial charge >= 0.3 is 6.09 Å². The Labute approximate surface area is 78.4 Å². The smallest absolute Gasteiger partial charge is 0.410 e. The molecule has 0 spiro atoms. The van der Waals surface area contributed by atoms with Crippen LogP contribution in [0.5, 0.6) is 0 Å². The number of hydrogen-bond acceptors (Lipinski definition) is 2. The average molecular weight is 181 g/mol. The maximum Gasteiger partial charge on any atom is 0.410 e. The van der Waals surface area contributed by atoms with E-state index in [9.17, 15) is 4.79 Å². The van der Waals surface area contributed by atoms with Gasteiger partial charge in [-0.15, -0.1) is 0 Å². The fraction of sp³-hybridized carbons (Fsp3) is 0.700. The van der Waals surface area contributed by atoms with Gasteiger partial charge in [-0.05, 0) is 26.7 Å². The van der Waals surface area contributed by atoms with Crippen LogP contribution in [0, 0.1) is 0 Å². The molecule has 3 nitrogen and oxygen atoms in total. The van der Waals surface area contributed by atoms with Crippen LogP contribution in [0.25, 0.3) is 0 Å². The Morgan fingerprint density at radius 3 is 2.15 bits per heavy atom. The van der Waals surface area contributed by atoms with Gasteiger partial charge in [0.1, 0.15) is 0 Å². The molecule has 1 fully saturated rings. The lowest BCUT2D eigenvalue weighted by atomic mass is 9.94. The minimum atomic E-state index is -0.169. The fourth-order valence-corrected chi connectivity index (χ4v) is 2.16. The van der Waals surface area contributed by atoms with Gasteiger partial charge in [-0.2, -0.15) is 0 Å². The molecule has 0 aromatic carbocycles. The first kappa shape index (κ1) is 8.60. The molecule has 2 rings (SSSR count). The molecule has 0 bridgehead atoms. The molecule has 1 aliphatic heterocycles. The van der Waals surface area contributed by atoms with Crippen molar-refractivity contribution in [2.45, 2.75) is 38.8 Å². The topological polar surface area (TPSA) is 29.3 Å². The zero-order valence-electron chi connectivity index (χ0n) is 8.33. The van der Waals surface area contributed by atoms with Gasteiger partial charge in [-0.3, -0.25) is 4.90 Å². The van der Waals surface area contributed by atoms with Crippen LogP contribution < -0.4 is 0 Å². The molecule has 1 saturated heterocycles. The van der Waals surface area contributed by atoms with Crippen molar-refractivity contribution in [3.63, 3.8) is 0 Å². The molecule has 0 radical (unpaired) electrons. The van der Waals surface area contributed by atoms with Gasteiger partial charge < -0.3 is 4.74 Å². The minimum Gasteiger partial charge on any atom is -0.453 e. The molecule has 1 aliphatic carbocycles. The summed E-state index contributed by atoms with van der Waals surface area (Å²) in [6, 6.07) is 0.854. The van der Waals surface area contributed by atoms with Crippen molar-refractivity contribution in [3.8, 4) is 0 Å². The highest BCUT2D eigenvalue weighted by molar-refractivity contribution is 5.72. The molecular formula is C10H15NO2. The van der Waals surface area contributed by atoms with Crippen molar-refractivity contribution in [1.29, 1.82) is 0 Å². The van der Waals surface area contributed by atoms with Crippen LogP contribution in [0.2, 0.25) is 0 Å². The van der Waals surface area contributed by atoms with Crippen LogP contribution >= 0.6 is 0 Å². The Morgan fingerprint density at radius 1 is 1.31 bits per heavy atom. The van der Waals surface area contributed by atoms with E-state index in [0.29, 0.717) is 12.1 Å². The van der Waals surface area contributed by atoms with Gasteiger partial charge in [-0.25, -0.2) is 4.79 Å². The van der Waals surface area contributed by atoms with Crippen LogP contribution in [0.4, 0.5) is 4.79 Å². The number of carbonyl (C=O) groups excluding carboxylic acids is 1. The molecular weight excluding hydrogens is 166 g/mol. The van der Waals surface area contributed by atoms with E-state index in [-0.39, 0.29) is 6.09 Å². The number of methoxy groups -OCH3 is 1. The Kier molecular flexibility index (Phi) is 1.82. The summed E-state index contributed by atoms with van der Waals surface area (Å²) in [5.41, 5.74) is 2.88. The van der Waals surface area contributed by atoms with Gasteiger partial charge in [0.25, 0.3) is 0 Å². The molecule has 3 heteroatoms. The summed E-state index contributed by atoms with van der Waals surface area (Å²) in [6.45, 7) is 4.30. The van der Waals surface area contributed by atoms with E-state index in [1.807, 2.05) is 4.90 Å². The highest BCUT2D eigenvalue weighted by Gasteiger charge is 2.53. The third-order valence-electron chi connectivity index (χ3n) is 3.21. The molecule has 0 aromatic rings. The third-order valence-corrected chi connectivity index (χ3v) is 3.21. The lowest BCUT2D eigenvalue weighted by Crippen LogP contribution is -2.13. The van der Waals surface area contributed by atoms with E-state index in [1.54, 1.807) is 0 Å². The molecule has 0 aromatic heterocycles. The first-order valence-electron chi connectivity index (χ1n) is 4.66. The average Bonchev–Trinajstić information content (AvgIpc) is 2.77. The molecule has 13 heavy (non-hydrogen) atoms. The number of amides is 1. The van der Waals surface area contributed by atoms with Crippen molar-refractivity contribution in [3.05, 3.63) is 11.1 Å². The lowest BCUT2D eigenvalue weighted by molar-refractivity contribution is 0.150. The van der Waals surface area contributed by atoms with Crippen molar-refractivity contribution in [2.24, 2.45) is 0 Å². The number of rotatable bonds is 0. The van der Waals surface area contributed by atoms with Gasteiger partial charge in [-0.1, -0.05) is 11.1 Å². The number of fused-ring (bicyclic) bond motifs is 1. The van der Waals surface area contributed by atoms with Crippen LogP contribution in [0.1, 0.15) is 26.7 Å². The predicted octanol–water partition coefficient (Wildman–Crippen LogP) is 1.94. The summed E-state index contributed by atoms with van der Waals surface area (Å²) >= 11 is 0. The summed E-state index contributed by atoms with van der Waals surface area (Å²) in [4.78, 5) is 13.1. The summed E-state index contributed by atoms with van der Waals surface area (Å²) in [6.07, 6.45) is 1.90. The lowest BCUT2D eigenvalue weighted by Gasteiger charge is -2.09. The number of nitrogens with zero attached hydrogens (tertiary/aromatic N) is 1. The van der Waals surface area contributed by atoms with E-state index >= 15 is 0 Å². The summed E-state index contributed by atoms with van der Waals surface area (Å²) < 4.78 is 4.71. The quantitative estimate of drug-likeness (QED) is 0.422. The van der Waals surface area contributed by atoms with Crippen LogP contribution in [0.3, 0.4) is 0 Å². The molecule has 1 amide bonds. The maximum atomic E-state index is 11.2. The molecule has 72 valence electrons. The van der Waals surface area contributed by atoms with Crippen molar-refractivity contribution in [1.82, 2.24) is 4.90 Å². The second kappa shape index (κ2) is 2.76. The standard InChI is InChI=1S/C10H15NO2/c1-6-4-8-9(5-7(6)2)11(8)10(12)13-3/h8-9H,4-5H2,1-3H3. The molecule has 1 heterocycles. The molecule has 0 N–H and O–H groups in total. The number of hydrogen-bond donors (Lipinski definition) is 0. The van der Waals surface area contributed by atoms with E-state index in [0.717, 1.165) is 12.8 Å². The van der Waals surface area contributed by atoms with Gasteiger partial charge in [0.15, 0.2) is 0 Å². The Bertz CT molecular complexity index is 263. The fourth-order valence-electron chi connectivity index (χ4n) is 2.16. The number of ether oxygens (including phenoxy) is 1. The van der Waals surface area contributed by atoms with Crippen LogP contribution in [0.15, 0.2) is 11.1 Å². The molecule has 2 atom stereocenters. The first-order valence-corrected chi connectivity index (χ1v) is 4.66. The van der Waals surface area contributed by atoms with Crippen LogP contribution in [-0.2, 0) is 4.74 Å².